The Morgan fingerprint density at radius 1 is 1.06 bits per heavy atom. The largest absolute Gasteiger partial charge is 0.496 e. The number of alkyl halides is 6. The number of benzene rings is 2. The number of hydrogen-bond acceptors (Lipinski definition) is 4. The molecule has 2 heterocycles. The lowest BCUT2D eigenvalue weighted by molar-refractivity contribution is -0.376. The van der Waals surface area contributed by atoms with Crippen molar-refractivity contribution in [2.45, 2.75) is 48.2 Å². The maximum Gasteiger partial charge on any atom is 0.430 e. The lowest BCUT2D eigenvalue weighted by Crippen LogP contribution is -2.54. The number of ether oxygens (including phenoxy) is 1. The van der Waals surface area contributed by atoms with Gasteiger partial charge >= 0.3 is 12.4 Å². The van der Waals surface area contributed by atoms with Gasteiger partial charge < -0.3 is 15.2 Å². The minimum absolute atomic E-state index is 0.149. The molecule has 0 fully saturated rings. The highest BCUT2D eigenvalue weighted by molar-refractivity contribution is 7.99. The molecule has 0 aliphatic carbocycles. The van der Waals surface area contributed by atoms with Crippen molar-refractivity contribution in [2.75, 3.05) is 18.2 Å². The van der Waals surface area contributed by atoms with Crippen LogP contribution in [-0.4, -0.2) is 30.3 Å². The van der Waals surface area contributed by atoms with E-state index in [1.54, 1.807) is 32.7 Å². The smallest absolute Gasteiger partial charge is 0.430 e. The van der Waals surface area contributed by atoms with Gasteiger partial charge in [0, 0.05) is 33.4 Å². The van der Waals surface area contributed by atoms with Crippen LogP contribution in [0.25, 0.3) is 0 Å². The van der Waals surface area contributed by atoms with Crippen molar-refractivity contribution in [3.05, 3.63) is 53.1 Å². The molecule has 2 aromatic carbocycles. The number of nitrogens with one attached hydrogen (secondary N) is 1. The van der Waals surface area contributed by atoms with Gasteiger partial charge in [0.25, 0.3) is 5.60 Å². The van der Waals surface area contributed by atoms with E-state index < -0.39 is 28.9 Å². The zero-order chi connectivity index (χ0) is 23.7. The molecular formula is C22H21F6NO2S. The Morgan fingerprint density at radius 3 is 2.31 bits per heavy atom. The van der Waals surface area contributed by atoms with Crippen LogP contribution in [0.3, 0.4) is 0 Å². The van der Waals surface area contributed by atoms with E-state index in [1.807, 2.05) is 18.2 Å². The quantitative estimate of drug-likeness (QED) is 0.508. The number of hydrogen-bond donors (Lipinski definition) is 2. The maximum atomic E-state index is 13.4. The van der Waals surface area contributed by atoms with E-state index in [9.17, 15) is 31.4 Å². The standard InChI is InChI=1S/C22H21F6NO2S/c1-19(2)12-9-11(20(30,21(23,24)25)22(26,27)28)7-8-14(12)29-18-13(19)10-32-16-6-4-5-15(31-3)17(16)18/h4-9,13,18,29-30H,10H2,1-3H3. The third-order valence-corrected chi connectivity index (χ3v) is 7.76. The fourth-order valence-corrected chi connectivity index (χ4v) is 6.22. The molecule has 4 rings (SSSR count). The molecule has 0 bridgehead atoms. The van der Waals surface area contributed by atoms with Gasteiger partial charge in [-0.3, -0.25) is 0 Å². The van der Waals surface area contributed by atoms with Crippen LogP contribution in [0, 0.1) is 5.92 Å². The summed E-state index contributed by atoms with van der Waals surface area (Å²) in [4.78, 5) is 1.01. The van der Waals surface area contributed by atoms with Gasteiger partial charge in [0.2, 0.25) is 0 Å². The Balaban J connectivity index is 1.87. The van der Waals surface area contributed by atoms with Gasteiger partial charge in [0.05, 0.1) is 13.2 Å². The molecule has 0 saturated heterocycles. The van der Waals surface area contributed by atoms with Gasteiger partial charge in [-0.2, -0.15) is 26.3 Å². The molecule has 32 heavy (non-hydrogen) atoms. The maximum absolute atomic E-state index is 13.4. The summed E-state index contributed by atoms with van der Waals surface area (Å²) in [6, 6.07) is 8.11. The molecule has 2 aromatic rings. The second-order valence-corrected chi connectivity index (χ2v) is 9.66. The first-order chi connectivity index (χ1) is 14.7. The molecule has 2 atom stereocenters. The van der Waals surface area contributed by atoms with E-state index in [4.69, 9.17) is 4.74 Å². The first kappa shape index (κ1) is 23.1. The number of anilines is 1. The molecule has 2 aliphatic rings. The van der Waals surface area contributed by atoms with E-state index in [0.717, 1.165) is 16.5 Å². The van der Waals surface area contributed by atoms with Crippen LogP contribution in [0.4, 0.5) is 32.0 Å². The fraction of sp³-hybridized carbons (Fsp3) is 0.455. The second kappa shape index (κ2) is 7.21. The highest BCUT2D eigenvalue weighted by Gasteiger charge is 2.71. The highest BCUT2D eigenvalue weighted by atomic mass is 32.2. The topological polar surface area (TPSA) is 41.5 Å². The van der Waals surface area contributed by atoms with Crippen LogP contribution < -0.4 is 10.1 Å². The van der Waals surface area contributed by atoms with Crippen molar-refractivity contribution < 1.29 is 36.2 Å². The van der Waals surface area contributed by atoms with E-state index in [0.29, 0.717) is 28.8 Å². The van der Waals surface area contributed by atoms with Crippen LogP contribution in [-0.2, 0) is 11.0 Å². The van der Waals surface area contributed by atoms with Crippen molar-refractivity contribution in [1.82, 2.24) is 0 Å². The van der Waals surface area contributed by atoms with Gasteiger partial charge in [-0.05, 0) is 35.2 Å². The Hall–Kier alpha value is -2.07. The number of rotatable bonds is 2. The van der Waals surface area contributed by atoms with E-state index in [-0.39, 0.29) is 12.0 Å². The average Bonchev–Trinajstić information content (AvgIpc) is 2.70. The molecule has 0 saturated carbocycles. The molecule has 2 aliphatic heterocycles. The van der Waals surface area contributed by atoms with E-state index in [1.165, 1.54) is 6.07 Å². The zero-order valence-corrected chi connectivity index (χ0v) is 18.2. The Bertz CT molecular complexity index is 1020. The van der Waals surface area contributed by atoms with Gasteiger partial charge in [-0.25, -0.2) is 0 Å². The molecule has 2 N–H and O–H groups in total. The Labute approximate surface area is 185 Å². The summed E-state index contributed by atoms with van der Waals surface area (Å²) in [5.74, 6) is 1.12. The van der Waals surface area contributed by atoms with Crippen LogP contribution >= 0.6 is 11.8 Å². The molecule has 10 heteroatoms. The van der Waals surface area contributed by atoms with E-state index in [2.05, 4.69) is 5.32 Å². The van der Waals surface area contributed by atoms with E-state index >= 15 is 0 Å². The summed E-state index contributed by atoms with van der Waals surface area (Å²) < 4.78 is 86.1. The molecular weight excluding hydrogens is 456 g/mol. The second-order valence-electron chi connectivity index (χ2n) is 8.60. The fourth-order valence-electron chi connectivity index (χ4n) is 4.69. The molecule has 174 valence electrons. The van der Waals surface area contributed by atoms with Crippen molar-refractivity contribution in [1.29, 1.82) is 0 Å². The van der Waals surface area contributed by atoms with Crippen molar-refractivity contribution >= 4 is 17.4 Å². The monoisotopic (exact) mass is 477 g/mol. The minimum Gasteiger partial charge on any atom is -0.496 e. The normalized spacial score (nSPS) is 22.3. The van der Waals surface area contributed by atoms with Gasteiger partial charge in [0.15, 0.2) is 0 Å². The number of halogens is 6. The predicted octanol–water partition coefficient (Wildman–Crippen LogP) is 6.17. The van der Waals surface area contributed by atoms with Gasteiger partial charge in [-0.1, -0.05) is 26.0 Å². The first-order valence-corrected chi connectivity index (χ1v) is 10.8. The highest BCUT2D eigenvalue weighted by Crippen LogP contribution is 2.57. The molecule has 0 aromatic heterocycles. The summed E-state index contributed by atoms with van der Waals surface area (Å²) >= 11 is 1.57. The number of aliphatic hydroxyl groups is 1. The Morgan fingerprint density at radius 2 is 1.72 bits per heavy atom. The summed E-state index contributed by atoms with van der Waals surface area (Å²) in [5, 5.41) is 13.2. The molecule has 0 spiro atoms. The summed E-state index contributed by atoms with van der Waals surface area (Å²) in [7, 11) is 1.55. The van der Waals surface area contributed by atoms with Crippen molar-refractivity contribution in [3.8, 4) is 5.75 Å². The SMILES string of the molecule is COc1cccc2c1C1Nc3ccc(C(O)(C(F)(F)F)C(F)(F)F)cc3C(C)(C)C1CS2. The van der Waals surface area contributed by atoms with Crippen LogP contribution in [0.15, 0.2) is 41.3 Å². The van der Waals surface area contributed by atoms with Gasteiger partial charge in [0.1, 0.15) is 5.75 Å². The molecule has 0 radical (unpaired) electrons. The number of thioether (sulfide) groups is 1. The predicted molar refractivity (Wildman–Crippen MR) is 109 cm³/mol. The molecule has 3 nitrogen and oxygen atoms in total. The zero-order valence-electron chi connectivity index (χ0n) is 17.4. The lowest BCUT2D eigenvalue weighted by Gasteiger charge is -2.49. The van der Waals surface area contributed by atoms with Crippen LogP contribution in [0.1, 0.15) is 36.6 Å². The van der Waals surface area contributed by atoms with Crippen LogP contribution in [0.5, 0.6) is 5.75 Å². The van der Waals surface area contributed by atoms with Crippen molar-refractivity contribution in [3.63, 3.8) is 0 Å². The van der Waals surface area contributed by atoms with Crippen molar-refractivity contribution in [2.24, 2.45) is 5.92 Å². The third-order valence-electron chi connectivity index (χ3n) is 6.57. The van der Waals surface area contributed by atoms with Crippen LogP contribution in [0.2, 0.25) is 0 Å². The summed E-state index contributed by atoms with van der Waals surface area (Å²) in [6.45, 7) is 3.60. The van der Waals surface area contributed by atoms with Gasteiger partial charge in [-0.15, -0.1) is 11.8 Å². The third kappa shape index (κ3) is 3.17. The summed E-state index contributed by atoms with van der Waals surface area (Å²) in [5.41, 5.74) is -5.35. The molecule has 0 amide bonds. The Kier molecular flexibility index (Phi) is 5.21. The lowest BCUT2D eigenvalue weighted by atomic mass is 9.65. The minimum atomic E-state index is -5.93. The average molecular weight is 477 g/mol. The number of methoxy groups -OCH3 is 1. The number of fused-ring (bicyclic) bond motifs is 4. The first-order valence-electron chi connectivity index (χ1n) is 9.80. The molecule has 2 unspecified atom stereocenters. The summed E-state index contributed by atoms with van der Waals surface area (Å²) in [6.07, 6.45) is -11.9.